The van der Waals surface area contributed by atoms with Gasteiger partial charge in [-0.2, -0.15) is 10.2 Å². The van der Waals surface area contributed by atoms with Gasteiger partial charge in [0.05, 0.1) is 18.0 Å². The summed E-state index contributed by atoms with van der Waals surface area (Å²) in [5.74, 6) is -0.0193. The molecule has 1 aliphatic rings. The molecule has 0 aliphatic carbocycles. The molecule has 21 heavy (non-hydrogen) atoms. The number of hydrogen-bond donors (Lipinski definition) is 1. The molecule has 0 saturated heterocycles. The van der Waals surface area contributed by atoms with Gasteiger partial charge in [0.1, 0.15) is 0 Å². The number of carbonyl (C=O) groups excluding carboxylic acids is 1. The lowest BCUT2D eigenvalue weighted by atomic mass is 10.0. The van der Waals surface area contributed by atoms with Gasteiger partial charge in [0.2, 0.25) is 0 Å². The average molecular weight is 282 g/mol. The maximum Gasteiger partial charge on any atom is 0.259 e. The van der Waals surface area contributed by atoms with E-state index in [4.69, 9.17) is 0 Å². The van der Waals surface area contributed by atoms with Crippen molar-refractivity contribution in [3.63, 3.8) is 0 Å². The van der Waals surface area contributed by atoms with E-state index >= 15 is 0 Å². The van der Waals surface area contributed by atoms with Gasteiger partial charge >= 0.3 is 0 Å². The number of aromatic nitrogens is 2. The van der Waals surface area contributed by atoms with Crippen molar-refractivity contribution in [2.45, 2.75) is 18.9 Å². The van der Waals surface area contributed by atoms with Crippen molar-refractivity contribution in [2.24, 2.45) is 0 Å². The van der Waals surface area contributed by atoms with Gasteiger partial charge in [-0.1, -0.05) is 18.2 Å². The second-order valence-electron chi connectivity index (χ2n) is 5.13. The first kappa shape index (κ1) is 13.7. The van der Waals surface area contributed by atoms with Crippen LogP contribution in [0.25, 0.3) is 0 Å². The van der Waals surface area contributed by atoms with E-state index in [9.17, 15) is 4.79 Å². The number of nitrogens with zero attached hydrogens (tertiary/aromatic N) is 3. The molecule has 2 heterocycles. The monoisotopic (exact) mass is 282 g/mol. The number of amides is 1. The van der Waals surface area contributed by atoms with Crippen LogP contribution in [0, 0.1) is 0 Å². The second kappa shape index (κ2) is 6.01. The molecule has 0 fully saturated rings. The number of para-hydroxylation sites is 1. The summed E-state index contributed by atoms with van der Waals surface area (Å²) >= 11 is 0. The number of rotatable bonds is 2. The normalized spacial score (nSPS) is 18.0. The van der Waals surface area contributed by atoms with E-state index < -0.39 is 0 Å². The van der Waals surface area contributed by atoms with Crippen molar-refractivity contribution in [1.29, 1.82) is 0 Å². The summed E-state index contributed by atoms with van der Waals surface area (Å²) in [7, 11) is 1.96. The van der Waals surface area contributed by atoms with E-state index in [1.165, 1.54) is 11.8 Å². The lowest BCUT2D eigenvalue weighted by Crippen LogP contribution is -2.32. The zero-order valence-electron chi connectivity index (χ0n) is 12.0. The Balaban J connectivity index is 2.01. The van der Waals surface area contributed by atoms with Crippen LogP contribution in [0.5, 0.6) is 0 Å². The lowest BCUT2D eigenvalue weighted by Gasteiger charge is -2.24. The van der Waals surface area contributed by atoms with Gasteiger partial charge in [-0.05, 0) is 37.6 Å². The van der Waals surface area contributed by atoms with Gasteiger partial charge in [-0.15, -0.1) is 0 Å². The molecule has 1 aromatic heterocycles. The predicted molar refractivity (Wildman–Crippen MR) is 81.2 cm³/mol. The Hall–Kier alpha value is -2.27. The predicted octanol–water partition coefficient (Wildman–Crippen LogP) is 2.18. The fraction of sp³-hybridized carbons (Fsp3) is 0.312. The van der Waals surface area contributed by atoms with Crippen LogP contribution in [0.1, 0.15) is 34.8 Å². The van der Waals surface area contributed by atoms with Crippen molar-refractivity contribution in [3.8, 4) is 0 Å². The van der Waals surface area contributed by atoms with Crippen molar-refractivity contribution in [2.75, 3.05) is 18.5 Å². The molecule has 5 heteroatoms. The topological polar surface area (TPSA) is 58.1 Å². The minimum Gasteiger partial charge on any atom is -0.313 e. The van der Waals surface area contributed by atoms with Crippen LogP contribution in [0.4, 0.5) is 5.69 Å². The molecule has 1 atom stereocenters. The SMILES string of the molecule is CNC1CCCN(C(=O)c2ccnnc2)c2ccccc21. The van der Waals surface area contributed by atoms with Crippen LogP contribution in [0.15, 0.2) is 42.7 Å². The lowest BCUT2D eigenvalue weighted by molar-refractivity contribution is 0.0986. The molecule has 0 radical (unpaired) electrons. The van der Waals surface area contributed by atoms with E-state index in [1.807, 2.05) is 30.1 Å². The highest BCUT2D eigenvalue weighted by Gasteiger charge is 2.26. The molecule has 0 saturated carbocycles. The minimum atomic E-state index is -0.0193. The Morgan fingerprint density at radius 1 is 1.29 bits per heavy atom. The van der Waals surface area contributed by atoms with Gasteiger partial charge in [0.15, 0.2) is 0 Å². The third-order valence-electron chi connectivity index (χ3n) is 3.90. The number of anilines is 1. The van der Waals surface area contributed by atoms with Gasteiger partial charge in [0, 0.05) is 18.3 Å². The summed E-state index contributed by atoms with van der Waals surface area (Å²) in [6.45, 7) is 0.719. The molecule has 0 bridgehead atoms. The smallest absolute Gasteiger partial charge is 0.259 e. The largest absolute Gasteiger partial charge is 0.313 e. The van der Waals surface area contributed by atoms with E-state index in [0.29, 0.717) is 5.56 Å². The molecule has 1 aliphatic heterocycles. The first-order chi connectivity index (χ1) is 10.3. The molecular formula is C16H18N4O. The third kappa shape index (κ3) is 2.64. The fourth-order valence-electron chi connectivity index (χ4n) is 2.84. The van der Waals surface area contributed by atoms with Gasteiger partial charge in [-0.3, -0.25) is 4.79 Å². The maximum absolute atomic E-state index is 12.7. The summed E-state index contributed by atoms with van der Waals surface area (Å²) in [4.78, 5) is 14.6. The molecular weight excluding hydrogens is 264 g/mol. The summed E-state index contributed by atoms with van der Waals surface area (Å²) in [6, 6.07) is 10.1. The molecule has 1 aromatic carbocycles. The highest BCUT2D eigenvalue weighted by Crippen LogP contribution is 2.33. The van der Waals surface area contributed by atoms with E-state index in [-0.39, 0.29) is 11.9 Å². The van der Waals surface area contributed by atoms with Crippen LogP contribution in [-0.4, -0.2) is 29.7 Å². The summed E-state index contributed by atoms with van der Waals surface area (Å²) < 4.78 is 0. The second-order valence-corrected chi connectivity index (χ2v) is 5.13. The molecule has 2 aromatic rings. The minimum absolute atomic E-state index is 0.0193. The maximum atomic E-state index is 12.7. The first-order valence-electron chi connectivity index (χ1n) is 7.16. The molecule has 1 amide bonds. The van der Waals surface area contributed by atoms with Crippen molar-refractivity contribution in [3.05, 3.63) is 53.9 Å². The highest BCUT2D eigenvalue weighted by atomic mass is 16.2. The molecule has 108 valence electrons. The van der Waals surface area contributed by atoms with Crippen LogP contribution in [-0.2, 0) is 0 Å². The Kier molecular flexibility index (Phi) is 3.92. The Bertz CT molecular complexity index is 629. The van der Waals surface area contributed by atoms with Crippen LogP contribution in [0.3, 0.4) is 0 Å². The zero-order chi connectivity index (χ0) is 14.7. The van der Waals surface area contributed by atoms with Crippen LogP contribution < -0.4 is 10.2 Å². The number of benzene rings is 1. The molecule has 1 unspecified atom stereocenters. The molecule has 1 N–H and O–H groups in total. The Morgan fingerprint density at radius 3 is 2.90 bits per heavy atom. The third-order valence-corrected chi connectivity index (χ3v) is 3.90. The molecule has 0 spiro atoms. The number of carbonyl (C=O) groups is 1. The first-order valence-corrected chi connectivity index (χ1v) is 7.16. The quantitative estimate of drug-likeness (QED) is 0.917. The van der Waals surface area contributed by atoms with Crippen LogP contribution in [0.2, 0.25) is 0 Å². The van der Waals surface area contributed by atoms with E-state index in [2.05, 4.69) is 21.6 Å². The molecule has 5 nitrogen and oxygen atoms in total. The average Bonchev–Trinajstić information content (AvgIpc) is 2.74. The Labute approximate surface area is 124 Å². The van der Waals surface area contributed by atoms with Gasteiger partial charge in [0.25, 0.3) is 5.91 Å². The molecule has 3 rings (SSSR count). The van der Waals surface area contributed by atoms with Crippen molar-refractivity contribution in [1.82, 2.24) is 15.5 Å². The van der Waals surface area contributed by atoms with Crippen LogP contribution >= 0.6 is 0 Å². The fourth-order valence-corrected chi connectivity index (χ4v) is 2.84. The van der Waals surface area contributed by atoms with Crippen molar-refractivity contribution >= 4 is 11.6 Å². The van der Waals surface area contributed by atoms with E-state index in [0.717, 1.165) is 25.1 Å². The summed E-state index contributed by atoms with van der Waals surface area (Å²) in [5.41, 5.74) is 2.73. The van der Waals surface area contributed by atoms with Gasteiger partial charge < -0.3 is 10.2 Å². The standard InChI is InChI=1S/C16H18N4O/c1-17-14-6-4-10-20(15-7-3-2-5-13(14)15)16(21)12-8-9-18-19-11-12/h2-3,5,7-9,11,14,17H,4,6,10H2,1H3. The van der Waals surface area contributed by atoms with E-state index in [1.54, 1.807) is 12.3 Å². The summed E-state index contributed by atoms with van der Waals surface area (Å²) in [6.07, 6.45) is 5.05. The Morgan fingerprint density at radius 2 is 2.14 bits per heavy atom. The number of nitrogens with one attached hydrogen (secondary N) is 1. The van der Waals surface area contributed by atoms with Gasteiger partial charge in [-0.25, -0.2) is 0 Å². The highest BCUT2D eigenvalue weighted by molar-refractivity contribution is 6.06. The van der Waals surface area contributed by atoms with Crippen molar-refractivity contribution < 1.29 is 4.79 Å². The summed E-state index contributed by atoms with van der Waals surface area (Å²) in [5, 5.41) is 10.9. The zero-order valence-corrected chi connectivity index (χ0v) is 12.0. The number of fused-ring (bicyclic) bond motifs is 1. The number of hydrogen-bond acceptors (Lipinski definition) is 4.